The highest BCUT2D eigenvalue weighted by Gasteiger charge is 2.44. The smallest absolute Gasteiger partial charge is 0.314 e. The Hall–Kier alpha value is -3.21. The van der Waals surface area contributed by atoms with Crippen molar-refractivity contribution in [1.29, 1.82) is 0 Å². The third kappa shape index (κ3) is 2.95. The number of pyridine rings is 1. The number of carboxylic acids is 1. The van der Waals surface area contributed by atoms with E-state index in [4.69, 9.17) is 0 Å². The average Bonchev–Trinajstić information content (AvgIpc) is 2.73. The van der Waals surface area contributed by atoms with E-state index in [0.29, 0.717) is 31.6 Å². The number of aromatic nitrogens is 1. The second-order valence-corrected chi connectivity index (χ2v) is 6.93. The molecule has 0 saturated carbocycles. The van der Waals surface area contributed by atoms with E-state index in [0.717, 1.165) is 16.3 Å². The van der Waals surface area contributed by atoms with Gasteiger partial charge in [0.1, 0.15) is 5.69 Å². The molecule has 3 aromatic rings. The van der Waals surface area contributed by atoms with Gasteiger partial charge in [0, 0.05) is 24.7 Å². The highest BCUT2D eigenvalue weighted by Crippen LogP contribution is 2.36. The van der Waals surface area contributed by atoms with Crippen LogP contribution in [0, 0.1) is 0 Å². The number of rotatable bonds is 3. The summed E-state index contributed by atoms with van der Waals surface area (Å²) in [5.74, 6) is -0.970. The number of likely N-dealkylation sites (tertiary alicyclic amines) is 1. The maximum Gasteiger partial charge on any atom is 0.314 e. The van der Waals surface area contributed by atoms with Gasteiger partial charge >= 0.3 is 5.97 Å². The van der Waals surface area contributed by atoms with E-state index in [9.17, 15) is 14.7 Å². The summed E-state index contributed by atoms with van der Waals surface area (Å²) in [6.45, 7) is 0.788. The number of carbonyl (C=O) groups is 2. The predicted molar refractivity (Wildman–Crippen MR) is 103 cm³/mol. The Bertz CT molecular complexity index is 987. The number of carboxylic acid groups (broad SMARTS) is 1. The van der Waals surface area contributed by atoms with Crippen LogP contribution in [0.25, 0.3) is 10.8 Å². The zero-order chi connectivity index (χ0) is 18.9. The molecule has 2 aromatic carbocycles. The standard InChI is InChI=1S/C22H20N2O3/c25-20(19-18-9-5-4-6-16(18)10-13-23-19)24-14-11-22(12-15-24,21(26)27)17-7-2-1-3-8-17/h1-10,13H,11-12,14-15H2,(H,26,27). The monoisotopic (exact) mass is 360 g/mol. The molecule has 136 valence electrons. The zero-order valence-corrected chi connectivity index (χ0v) is 14.8. The molecule has 0 radical (unpaired) electrons. The van der Waals surface area contributed by atoms with Gasteiger partial charge in [-0.15, -0.1) is 0 Å². The number of hydrogen-bond acceptors (Lipinski definition) is 3. The van der Waals surface area contributed by atoms with E-state index in [1.54, 1.807) is 11.1 Å². The van der Waals surface area contributed by atoms with E-state index in [1.807, 2.05) is 60.7 Å². The van der Waals surface area contributed by atoms with Crippen molar-refractivity contribution in [1.82, 2.24) is 9.88 Å². The first-order valence-corrected chi connectivity index (χ1v) is 9.04. The van der Waals surface area contributed by atoms with Gasteiger partial charge in [0.05, 0.1) is 5.41 Å². The number of amides is 1. The Labute approximate surface area is 157 Å². The molecule has 0 aliphatic carbocycles. The molecule has 5 heteroatoms. The minimum atomic E-state index is -0.940. The Morgan fingerprint density at radius 1 is 0.926 bits per heavy atom. The fraction of sp³-hybridized carbons (Fsp3) is 0.227. The predicted octanol–water partition coefficient (Wildman–Crippen LogP) is 3.49. The van der Waals surface area contributed by atoms with Gasteiger partial charge in [-0.05, 0) is 29.9 Å². The topological polar surface area (TPSA) is 70.5 Å². The molecule has 5 nitrogen and oxygen atoms in total. The summed E-state index contributed by atoms with van der Waals surface area (Å²) in [4.78, 5) is 31.2. The summed E-state index contributed by atoms with van der Waals surface area (Å²) in [6.07, 6.45) is 2.43. The highest BCUT2D eigenvalue weighted by molar-refractivity contribution is 6.05. The van der Waals surface area contributed by atoms with Crippen molar-refractivity contribution >= 4 is 22.6 Å². The molecule has 1 N–H and O–H groups in total. The van der Waals surface area contributed by atoms with Crippen molar-refractivity contribution in [2.75, 3.05) is 13.1 Å². The maximum atomic E-state index is 13.0. The van der Waals surface area contributed by atoms with E-state index in [2.05, 4.69) is 4.98 Å². The molecular weight excluding hydrogens is 340 g/mol. The van der Waals surface area contributed by atoms with Gasteiger partial charge < -0.3 is 10.0 Å². The molecule has 0 atom stereocenters. The second-order valence-electron chi connectivity index (χ2n) is 6.93. The molecule has 4 rings (SSSR count). The maximum absolute atomic E-state index is 13.0. The Morgan fingerprint density at radius 3 is 2.30 bits per heavy atom. The third-order valence-corrected chi connectivity index (χ3v) is 5.52. The van der Waals surface area contributed by atoms with Gasteiger partial charge in [-0.25, -0.2) is 0 Å². The summed E-state index contributed by atoms with van der Waals surface area (Å²) in [6, 6.07) is 18.9. The van der Waals surface area contributed by atoms with Crippen molar-refractivity contribution in [3.8, 4) is 0 Å². The minimum Gasteiger partial charge on any atom is -0.481 e. The Morgan fingerprint density at radius 2 is 1.59 bits per heavy atom. The number of carbonyl (C=O) groups excluding carboxylic acids is 1. The van der Waals surface area contributed by atoms with Crippen LogP contribution in [-0.4, -0.2) is 40.0 Å². The molecule has 0 unspecified atom stereocenters. The van der Waals surface area contributed by atoms with Crippen LogP contribution in [0.2, 0.25) is 0 Å². The van der Waals surface area contributed by atoms with Gasteiger partial charge in [0.2, 0.25) is 0 Å². The van der Waals surface area contributed by atoms with E-state index in [1.165, 1.54) is 0 Å². The number of fused-ring (bicyclic) bond motifs is 1. The van der Waals surface area contributed by atoms with E-state index >= 15 is 0 Å². The molecule has 27 heavy (non-hydrogen) atoms. The molecule has 1 aromatic heterocycles. The van der Waals surface area contributed by atoms with Crippen molar-refractivity contribution in [3.05, 3.63) is 78.1 Å². The first-order valence-electron chi connectivity index (χ1n) is 9.04. The largest absolute Gasteiger partial charge is 0.481 e. The molecule has 1 saturated heterocycles. The quantitative estimate of drug-likeness (QED) is 0.776. The summed E-state index contributed by atoms with van der Waals surface area (Å²) in [7, 11) is 0. The number of hydrogen-bond donors (Lipinski definition) is 1. The number of aliphatic carboxylic acids is 1. The molecule has 1 aliphatic heterocycles. The fourth-order valence-electron chi connectivity index (χ4n) is 3.91. The molecule has 2 heterocycles. The number of nitrogens with zero attached hydrogens (tertiary/aromatic N) is 2. The summed E-state index contributed by atoms with van der Waals surface area (Å²) < 4.78 is 0. The molecule has 1 amide bonds. The Balaban J connectivity index is 1.60. The molecule has 0 spiro atoms. The van der Waals surface area contributed by atoms with Crippen LogP contribution in [0.1, 0.15) is 28.9 Å². The lowest BCUT2D eigenvalue weighted by Gasteiger charge is -2.39. The van der Waals surface area contributed by atoms with Crippen LogP contribution in [-0.2, 0) is 10.2 Å². The van der Waals surface area contributed by atoms with Gasteiger partial charge in [0.25, 0.3) is 5.91 Å². The van der Waals surface area contributed by atoms with Crippen LogP contribution in [0.4, 0.5) is 0 Å². The first kappa shape index (κ1) is 17.2. The van der Waals surface area contributed by atoms with Crippen LogP contribution in [0.5, 0.6) is 0 Å². The van der Waals surface area contributed by atoms with Crippen molar-refractivity contribution in [2.45, 2.75) is 18.3 Å². The fourth-order valence-corrected chi connectivity index (χ4v) is 3.91. The average molecular weight is 360 g/mol. The van der Waals surface area contributed by atoms with Crippen LogP contribution in [0.15, 0.2) is 66.9 Å². The zero-order valence-electron chi connectivity index (χ0n) is 14.8. The lowest BCUT2D eigenvalue weighted by molar-refractivity contribution is -0.145. The number of benzene rings is 2. The highest BCUT2D eigenvalue weighted by atomic mass is 16.4. The Kier molecular flexibility index (Phi) is 4.36. The summed E-state index contributed by atoms with van der Waals surface area (Å²) >= 11 is 0. The lowest BCUT2D eigenvalue weighted by atomic mass is 9.73. The van der Waals surface area contributed by atoms with Gasteiger partial charge in [0.15, 0.2) is 0 Å². The van der Waals surface area contributed by atoms with Crippen LogP contribution < -0.4 is 0 Å². The first-order chi connectivity index (χ1) is 13.1. The second kappa shape index (κ2) is 6.83. The van der Waals surface area contributed by atoms with Crippen molar-refractivity contribution < 1.29 is 14.7 Å². The third-order valence-electron chi connectivity index (χ3n) is 5.52. The van der Waals surface area contributed by atoms with Crippen molar-refractivity contribution in [2.24, 2.45) is 0 Å². The lowest BCUT2D eigenvalue weighted by Crippen LogP contribution is -2.49. The van der Waals surface area contributed by atoms with Crippen molar-refractivity contribution in [3.63, 3.8) is 0 Å². The van der Waals surface area contributed by atoms with E-state index in [-0.39, 0.29) is 5.91 Å². The minimum absolute atomic E-state index is 0.140. The molecule has 1 fully saturated rings. The van der Waals surface area contributed by atoms with Gasteiger partial charge in [-0.2, -0.15) is 0 Å². The van der Waals surface area contributed by atoms with E-state index < -0.39 is 11.4 Å². The summed E-state index contributed by atoms with van der Waals surface area (Å²) in [5, 5.41) is 11.7. The van der Waals surface area contributed by atoms with Crippen LogP contribution >= 0.6 is 0 Å². The van der Waals surface area contributed by atoms with Gasteiger partial charge in [-0.1, -0.05) is 54.6 Å². The molecule has 1 aliphatic rings. The van der Waals surface area contributed by atoms with Gasteiger partial charge in [-0.3, -0.25) is 14.6 Å². The summed E-state index contributed by atoms with van der Waals surface area (Å²) in [5.41, 5.74) is 0.285. The SMILES string of the molecule is O=C(c1nccc2ccccc12)N1CCC(C(=O)O)(c2ccccc2)CC1. The normalized spacial score (nSPS) is 16.2. The number of piperidine rings is 1. The molecule has 0 bridgehead atoms. The molecular formula is C22H20N2O3. The van der Waals surface area contributed by atoms with Crippen LogP contribution in [0.3, 0.4) is 0 Å².